The molecule has 7 heteroatoms. The van der Waals surface area contributed by atoms with Gasteiger partial charge in [0, 0.05) is 19.7 Å². The van der Waals surface area contributed by atoms with Gasteiger partial charge in [0.05, 0.1) is 11.0 Å². The van der Waals surface area contributed by atoms with Crippen LogP contribution >= 0.6 is 0 Å². The molecule has 0 atom stereocenters. The van der Waals surface area contributed by atoms with Crippen molar-refractivity contribution in [2.75, 3.05) is 17.3 Å². The first-order valence-electron chi connectivity index (χ1n) is 9.03. The van der Waals surface area contributed by atoms with Crippen LogP contribution < -0.4 is 10.2 Å². The van der Waals surface area contributed by atoms with Crippen LogP contribution in [-0.4, -0.2) is 27.7 Å². The standard InChI is InChI=1S/C21H21N5O2/c1-15-12-19(24-28-15)23-20(27)14-26-18-11-7-6-10-17(18)22-21(26)25(2)13-16-8-4-3-5-9-16/h3-12H,13-14H2,1-2H3,(H,23,24,27). The number of aryl methyl sites for hydroxylation is 1. The van der Waals surface area contributed by atoms with Gasteiger partial charge in [-0.15, -0.1) is 0 Å². The van der Waals surface area contributed by atoms with Gasteiger partial charge in [-0.1, -0.05) is 47.6 Å². The SMILES string of the molecule is Cc1cc(NC(=O)Cn2c(N(C)Cc3ccccc3)nc3ccccc32)no1. The summed E-state index contributed by atoms with van der Waals surface area (Å²) in [5, 5.41) is 6.59. The van der Waals surface area contributed by atoms with E-state index in [1.807, 2.05) is 59.0 Å². The first-order valence-corrected chi connectivity index (χ1v) is 9.03. The third-order valence-electron chi connectivity index (χ3n) is 4.44. The van der Waals surface area contributed by atoms with Gasteiger partial charge in [-0.05, 0) is 24.6 Å². The number of para-hydroxylation sites is 2. The second-order valence-corrected chi connectivity index (χ2v) is 6.70. The van der Waals surface area contributed by atoms with Crippen LogP contribution in [0.4, 0.5) is 11.8 Å². The summed E-state index contributed by atoms with van der Waals surface area (Å²) >= 11 is 0. The minimum Gasteiger partial charge on any atom is -0.360 e. The number of nitrogens with zero attached hydrogens (tertiary/aromatic N) is 4. The highest BCUT2D eigenvalue weighted by Crippen LogP contribution is 2.23. The Kier molecular flexibility index (Phi) is 4.80. The Balaban J connectivity index is 1.62. The molecule has 142 valence electrons. The van der Waals surface area contributed by atoms with Gasteiger partial charge in [0.1, 0.15) is 12.3 Å². The van der Waals surface area contributed by atoms with E-state index in [0.717, 1.165) is 17.0 Å². The average Bonchev–Trinajstić information content (AvgIpc) is 3.26. The Morgan fingerprint density at radius 3 is 2.64 bits per heavy atom. The highest BCUT2D eigenvalue weighted by Gasteiger charge is 2.17. The zero-order valence-corrected chi connectivity index (χ0v) is 15.8. The molecule has 0 spiro atoms. The number of amides is 1. The molecule has 0 saturated carbocycles. The second kappa shape index (κ2) is 7.56. The van der Waals surface area contributed by atoms with Gasteiger partial charge in [-0.3, -0.25) is 4.79 Å². The minimum absolute atomic E-state index is 0.126. The van der Waals surface area contributed by atoms with Crippen LogP contribution in [0.3, 0.4) is 0 Å². The summed E-state index contributed by atoms with van der Waals surface area (Å²) in [6.07, 6.45) is 0. The maximum atomic E-state index is 12.6. The molecule has 1 amide bonds. The van der Waals surface area contributed by atoms with Crippen LogP contribution in [0, 0.1) is 6.92 Å². The van der Waals surface area contributed by atoms with Crippen LogP contribution in [0.5, 0.6) is 0 Å². The first-order chi connectivity index (χ1) is 13.6. The molecule has 0 aliphatic carbocycles. The number of hydrogen-bond donors (Lipinski definition) is 1. The fourth-order valence-electron chi connectivity index (χ4n) is 3.19. The van der Waals surface area contributed by atoms with Crippen LogP contribution in [0.25, 0.3) is 11.0 Å². The van der Waals surface area contributed by atoms with Gasteiger partial charge in [-0.25, -0.2) is 4.98 Å². The fraction of sp³-hybridized carbons (Fsp3) is 0.190. The van der Waals surface area contributed by atoms with E-state index in [4.69, 9.17) is 9.51 Å². The lowest BCUT2D eigenvalue weighted by Crippen LogP contribution is -2.25. The number of anilines is 2. The molecule has 1 N–H and O–H groups in total. The van der Waals surface area contributed by atoms with Crippen molar-refractivity contribution in [2.45, 2.75) is 20.0 Å². The zero-order valence-electron chi connectivity index (χ0n) is 15.8. The zero-order chi connectivity index (χ0) is 19.5. The van der Waals surface area contributed by atoms with Crippen LogP contribution in [-0.2, 0) is 17.9 Å². The van der Waals surface area contributed by atoms with Gasteiger partial charge in [0.15, 0.2) is 5.82 Å². The van der Waals surface area contributed by atoms with E-state index < -0.39 is 0 Å². The summed E-state index contributed by atoms with van der Waals surface area (Å²) in [5.41, 5.74) is 2.93. The van der Waals surface area contributed by atoms with E-state index in [0.29, 0.717) is 18.1 Å². The van der Waals surface area contributed by atoms with Gasteiger partial charge in [0.2, 0.25) is 11.9 Å². The van der Waals surface area contributed by atoms with Gasteiger partial charge >= 0.3 is 0 Å². The maximum Gasteiger partial charge on any atom is 0.245 e. The second-order valence-electron chi connectivity index (χ2n) is 6.70. The number of benzene rings is 2. The summed E-state index contributed by atoms with van der Waals surface area (Å²) in [6, 6.07) is 19.7. The highest BCUT2D eigenvalue weighted by molar-refractivity contribution is 5.91. The summed E-state index contributed by atoms with van der Waals surface area (Å²) in [6.45, 7) is 2.60. The molecular weight excluding hydrogens is 354 g/mol. The van der Waals surface area contributed by atoms with E-state index in [9.17, 15) is 4.79 Å². The quantitative estimate of drug-likeness (QED) is 0.557. The van der Waals surface area contributed by atoms with Crippen molar-refractivity contribution >= 4 is 28.7 Å². The highest BCUT2D eigenvalue weighted by atomic mass is 16.5. The number of imidazole rings is 1. The fourth-order valence-corrected chi connectivity index (χ4v) is 3.19. The van der Waals surface area contributed by atoms with E-state index >= 15 is 0 Å². The number of hydrogen-bond acceptors (Lipinski definition) is 5. The van der Waals surface area contributed by atoms with Crippen molar-refractivity contribution in [3.63, 3.8) is 0 Å². The molecule has 0 fully saturated rings. The number of carbonyl (C=O) groups is 1. The Bertz CT molecular complexity index is 1100. The first kappa shape index (κ1) is 17.8. The Morgan fingerprint density at radius 2 is 1.89 bits per heavy atom. The molecule has 0 saturated heterocycles. The predicted molar refractivity (Wildman–Crippen MR) is 108 cm³/mol. The van der Waals surface area contributed by atoms with Crippen molar-refractivity contribution in [1.82, 2.24) is 14.7 Å². The summed E-state index contributed by atoms with van der Waals surface area (Å²) in [4.78, 5) is 19.4. The van der Waals surface area contributed by atoms with Gasteiger partial charge < -0.3 is 19.3 Å². The maximum absolute atomic E-state index is 12.6. The van der Waals surface area contributed by atoms with Crippen LogP contribution in [0.15, 0.2) is 65.2 Å². The molecule has 2 aromatic carbocycles. The van der Waals surface area contributed by atoms with Crippen LogP contribution in [0.1, 0.15) is 11.3 Å². The van der Waals surface area contributed by atoms with Crippen molar-refractivity contribution in [2.24, 2.45) is 0 Å². The summed E-state index contributed by atoms with van der Waals surface area (Å²) < 4.78 is 6.92. The molecule has 0 radical (unpaired) electrons. The average molecular weight is 375 g/mol. The lowest BCUT2D eigenvalue weighted by Gasteiger charge is -2.20. The molecule has 2 heterocycles. The van der Waals surface area contributed by atoms with Crippen molar-refractivity contribution in [3.05, 3.63) is 72.0 Å². The Morgan fingerprint density at radius 1 is 1.14 bits per heavy atom. The minimum atomic E-state index is -0.189. The number of carbonyl (C=O) groups excluding carboxylic acids is 1. The number of aromatic nitrogens is 3. The molecule has 4 rings (SSSR count). The van der Waals surface area contributed by atoms with Gasteiger partial charge in [-0.2, -0.15) is 0 Å². The molecule has 0 aliphatic rings. The van der Waals surface area contributed by atoms with Crippen LogP contribution in [0.2, 0.25) is 0 Å². The van der Waals surface area contributed by atoms with Crippen molar-refractivity contribution in [3.8, 4) is 0 Å². The number of rotatable bonds is 6. The lowest BCUT2D eigenvalue weighted by atomic mass is 10.2. The van der Waals surface area contributed by atoms with E-state index in [1.54, 1.807) is 13.0 Å². The molecule has 28 heavy (non-hydrogen) atoms. The van der Waals surface area contributed by atoms with E-state index in [-0.39, 0.29) is 12.5 Å². The topological polar surface area (TPSA) is 76.2 Å². The molecular formula is C21H21N5O2. The largest absolute Gasteiger partial charge is 0.360 e. The monoisotopic (exact) mass is 375 g/mol. The molecule has 0 aliphatic heterocycles. The molecule has 0 unspecified atom stereocenters. The third kappa shape index (κ3) is 3.73. The smallest absolute Gasteiger partial charge is 0.245 e. The van der Waals surface area contributed by atoms with Gasteiger partial charge in [0.25, 0.3) is 0 Å². The molecule has 7 nitrogen and oxygen atoms in total. The summed E-state index contributed by atoms with van der Waals surface area (Å²) in [5.74, 6) is 1.60. The molecule has 0 bridgehead atoms. The molecule has 4 aromatic rings. The Labute approximate surface area is 162 Å². The third-order valence-corrected chi connectivity index (χ3v) is 4.44. The lowest BCUT2D eigenvalue weighted by molar-refractivity contribution is -0.116. The Hall–Kier alpha value is -3.61. The van der Waals surface area contributed by atoms with Crippen molar-refractivity contribution in [1.29, 1.82) is 0 Å². The number of nitrogens with one attached hydrogen (secondary N) is 1. The number of fused-ring (bicyclic) bond motifs is 1. The molecule has 2 aromatic heterocycles. The van der Waals surface area contributed by atoms with E-state index in [1.165, 1.54) is 5.56 Å². The van der Waals surface area contributed by atoms with Crippen molar-refractivity contribution < 1.29 is 9.32 Å². The predicted octanol–water partition coefficient (Wildman–Crippen LogP) is 3.61. The normalized spacial score (nSPS) is 10.9. The van der Waals surface area contributed by atoms with E-state index in [2.05, 4.69) is 22.6 Å². The summed E-state index contributed by atoms with van der Waals surface area (Å²) in [7, 11) is 1.98.